The lowest BCUT2D eigenvalue weighted by Gasteiger charge is -2.43. The van der Waals surface area contributed by atoms with Gasteiger partial charge in [0.05, 0.1) is 17.3 Å². The third kappa shape index (κ3) is 2.61. The zero-order chi connectivity index (χ0) is 17.6. The van der Waals surface area contributed by atoms with Crippen molar-refractivity contribution >= 4 is 29.4 Å². The summed E-state index contributed by atoms with van der Waals surface area (Å²) in [5.41, 5.74) is 6.72. The number of β-lactam (4-membered cyclic amide) rings is 1. The molecule has 2 aliphatic rings. The molecule has 0 bridgehead atoms. The van der Waals surface area contributed by atoms with Crippen molar-refractivity contribution < 1.29 is 19.5 Å². The molecule has 1 aromatic rings. The number of hydrogen-bond donors (Lipinski definition) is 2. The van der Waals surface area contributed by atoms with Gasteiger partial charge in [-0.05, 0) is 19.4 Å². The highest BCUT2D eigenvalue weighted by Gasteiger charge is 2.63. The molecule has 1 amide bonds. The zero-order valence-corrected chi connectivity index (χ0v) is 14.3. The number of benzene rings is 1. The normalized spacial score (nSPS) is 28.9. The summed E-state index contributed by atoms with van der Waals surface area (Å²) in [6.45, 7) is 3.63. The highest BCUT2D eigenvalue weighted by molar-refractivity contribution is 8.01. The van der Waals surface area contributed by atoms with Gasteiger partial charge in [-0.1, -0.05) is 30.3 Å². The Hall–Kier alpha value is -1.86. The number of amides is 1. The molecule has 1 aromatic carbocycles. The number of hydrogen-bond acceptors (Lipinski definition) is 5. The van der Waals surface area contributed by atoms with Crippen LogP contribution >= 0.6 is 11.8 Å². The minimum Gasteiger partial charge on any atom is -0.480 e. The van der Waals surface area contributed by atoms with Gasteiger partial charge in [0.15, 0.2) is 5.78 Å². The van der Waals surface area contributed by atoms with Gasteiger partial charge in [-0.2, -0.15) is 0 Å². The van der Waals surface area contributed by atoms with Gasteiger partial charge >= 0.3 is 5.97 Å². The molecule has 2 aliphatic heterocycles. The summed E-state index contributed by atoms with van der Waals surface area (Å²) < 4.78 is -0.578. The maximum absolute atomic E-state index is 12.4. The average molecular weight is 348 g/mol. The molecule has 2 saturated heterocycles. The van der Waals surface area contributed by atoms with Crippen molar-refractivity contribution in [3.63, 3.8) is 0 Å². The van der Waals surface area contributed by atoms with Crippen LogP contribution in [0.15, 0.2) is 30.3 Å². The smallest absolute Gasteiger partial charge is 0.327 e. The fourth-order valence-corrected chi connectivity index (χ4v) is 5.15. The molecule has 24 heavy (non-hydrogen) atoms. The predicted octanol–water partition coefficient (Wildman–Crippen LogP) is 1.41. The Labute approximate surface area is 144 Å². The molecule has 0 aliphatic carbocycles. The molecule has 0 aromatic heterocycles. The summed E-state index contributed by atoms with van der Waals surface area (Å²) in [7, 11) is 0. The van der Waals surface area contributed by atoms with Crippen LogP contribution in [0.3, 0.4) is 0 Å². The van der Waals surface area contributed by atoms with Crippen LogP contribution in [0, 0.1) is 5.92 Å². The Balaban J connectivity index is 1.71. The molecular weight excluding hydrogens is 328 g/mol. The van der Waals surface area contributed by atoms with E-state index in [1.807, 2.05) is 32.0 Å². The lowest BCUT2D eigenvalue weighted by molar-refractivity contribution is -0.164. The number of nitrogens with two attached hydrogens (primary N) is 1. The first-order valence-electron chi connectivity index (χ1n) is 7.80. The number of rotatable bonds is 5. The zero-order valence-electron chi connectivity index (χ0n) is 13.5. The van der Waals surface area contributed by atoms with Crippen LogP contribution < -0.4 is 5.73 Å². The molecule has 6 nitrogen and oxygen atoms in total. The van der Waals surface area contributed by atoms with E-state index in [1.165, 1.54) is 16.7 Å². The molecule has 3 N–H and O–H groups in total. The summed E-state index contributed by atoms with van der Waals surface area (Å²) in [4.78, 5) is 37.7. The third-order valence-corrected chi connectivity index (χ3v) is 6.34. The maximum atomic E-state index is 12.4. The van der Waals surface area contributed by atoms with Crippen LogP contribution in [0.5, 0.6) is 0 Å². The van der Waals surface area contributed by atoms with Crippen molar-refractivity contribution in [2.24, 2.45) is 11.7 Å². The van der Waals surface area contributed by atoms with E-state index in [9.17, 15) is 19.5 Å². The largest absolute Gasteiger partial charge is 0.480 e. The van der Waals surface area contributed by atoms with Gasteiger partial charge in [-0.25, -0.2) is 4.79 Å². The van der Waals surface area contributed by atoms with E-state index < -0.39 is 28.7 Å². The van der Waals surface area contributed by atoms with Crippen molar-refractivity contribution in [3.8, 4) is 0 Å². The number of carboxylic acids is 1. The van der Waals surface area contributed by atoms with Gasteiger partial charge in [-0.15, -0.1) is 11.8 Å². The first-order chi connectivity index (χ1) is 11.2. The monoisotopic (exact) mass is 348 g/mol. The van der Waals surface area contributed by atoms with Crippen molar-refractivity contribution in [2.75, 3.05) is 0 Å². The summed E-state index contributed by atoms with van der Waals surface area (Å²) in [5.74, 6) is -1.95. The van der Waals surface area contributed by atoms with Crippen LogP contribution in [0.4, 0.5) is 0 Å². The molecule has 0 saturated carbocycles. The fraction of sp³-hybridized carbons (Fsp3) is 0.471. The van der Waals surface area contributed by atoms with Crippen molar-refractivity contribution in [2.45, 2.75) is 42.5 Å². The van der Waals surface area contributed by atoms with Crippen LogP contribution in [-0.4, -0.2) is 43.8 Å². The molecule has 4 atom stereocenters. The molecule has 2 fully saturated rings. The molecule has 128 valence electrons. The van der Waals surface area contributed by atoms with Crippen LogP contribution in [0.1, 0.15) is 31.9 Å². The summed E-state index contributed by atoms with van der Waals surface area (Å²) in [5, 5.41) is 9.14. The number of aliphatic carboxylic acids is 1. The Morgan fingerprint density at radius 3 is 2.54 bits per heavy atom. The van der Waals surface area contributed by atoms with Gasteiger partial charge < -0.3 is 15.7 Å². The first-order valence-corrected chi connectivity index (χ1v) is 8.68. The van der Waals surface area contributed by atoms with Gasteiger partial charge in [0.25, 0.3) is 0 Å². The average Bonchev–Trinajstić information content (AvgIpc) is 2.80. The van der Waals surface area contributed by atoms with E-state index in [4.69, 9.17) is 5.73 Å². The van der Waals surface area contributed by atoms with E-state index in [0.29, 0.717) is 5.56 Å². The number of Topliss-reactive ketones (excluding diaryl/α,β-unsaturated/α-hetero) is 1. The van der Waals surface area contributed by atoms with E-state index in [1.54, 1.807) is 12.1 Å². The van der Waals surface area contributed by atoms with Gasteiger partial charge in [0.2, 0.25) is 5.91 Å². The van der Waals surface area contributed by atoms with Crippen LogP contribution in [-0.2, 0) is 14.4 Å². The van der Waals surface area contributed by atoms with E-state index in [0.717, 1.165) is 0 Å². The minimum absolute atomic E-state index is 0.0471. The number of fused-ring (bicyclic) bond motifs is 1. The first kappa shape index (κ1) is 17.0. The van der Waals surface area contributed by atoms with Crippen molar-refractivity contribution in [1.29, 1.82) is 0 Å². The molecule has 2 heterocycles. The lowest BCUT2D eigenvalue weighted by atomic mass is 9.86. The summed E-state index contributed by atoms with van der Waals surface area (Å²) in [6, 6.07) is 7.42. The maximum Gasteiger partial charge on any atom is 0.327 e. The Morgan fingerprint density at radius 1 is 1.33 bits per heavy atom. The highest BCUT2D eigenvalue weighted by atomic mass is 32.2. The van der Waals surface area contributed by atoms with E-state index in [2.05, 4.69) is 0 Å². The Morgan fingerprint density at radius 2 is 1.96 bits per heavy atom. The molecular formula is C17H20N2O4S. The van der Waals surface area contributed by atoms with Gasteiger partial charge in [0, 0.05) is 11.2 Å². The van der Waals surface area contributed by atoms with Crippen molar-refractivity contribution in [3.05, 3.63) is 35.9 Å². The van der Waals surface area contributed by atoms with E-state index in [-0.39, 0.29) is 23.5 Å². The number of nitrogens with zero attached hydrogens (tertiary/aromatic N) is 1. The molecule has 7 heteroatoms. The lowest BCUT2D eigenvalue weighted by Crippen LogP contribution is -2.63. The van der Waals surface area contributed by atoms with E-state index >= 15 is 0 Å². The second kappa shape index (κ2) is 5.89. The number of carbonyl (C=O) groups is 3. The topological polar surface area (TPSA) is 101 Å². The van der Waals surface area contributed by atoms with Crippen LogP contribution in [0.25, 0.3) is 0 Å². The number of carbonyl (C=O) groups excluding carboxylic acids is 2. The van der Waals surface area contributed by atoms with Gasteiger partial charge in [0.1, 0.15) is 6.04 Å². The third-order valence-electron chi connectivity index (χ3n) is 4.71. The number of carboxylic acid groups (broad SMARTS) is 1. The summed E-state index contributed by atoms with van der Waals surface area (Å²) >= 11 is 1.45. The highest BCUT2D eigenvalue weighted by Crippen LogP contribution is 2.54. The number of thioether (sulfide) groups is 1. The minimum atomic E-state index is -1.01. The predicted molar refractivity (Wildman–Crippen MR) is 90.2 cm³/mol. The number of ketones is 1. The standard InChI is InChI=1S/C17H20N2O4S/c1-17(2)13(16(22)23)19-14(21)10(15(19)24-17)8-11(20)12(18)9-6-4-3-5-7-9/h3-7,10,12-13,15H,8,18H2,1-2H3,(H,22,23)/t10?,12-,13+,15?/m1/s1. The van der Waals surface area contributed by atoms with Gasteiger partial charge in [-0.3, -0.25) is 9.59 Å². The van der Waals surface area contributed by atoms with Crippen LogP contribution in [0.2, 0.25) is 0 Å². The Bertz CT molecular complexity index is 691. The second-order valence-corrected chi connectivity index (χ2v) is 8.53. The molecule has 0 spiro atoms. The quantitative estimate of drug-likeness (QED) is 0.780. The molecule has 2 unspecified atom stereocenters. The molecule has 0 radical (unpaired) electrons. The van der Waals surface area contributed by atoms with Crippen molar-refractivity contribution in [1.82, 2.24) is 4.90 Å². The molecule has 3 rings (SSSR count). The Kier molecular flexibility index (Phi) is 4.17. The SMILES string of the molecule is CC1(C)SC2C(CC(=O)[C@H](N)c3ccccc3)C(=O)N2[C@H]1C(=O)O. The summed E-state index contributed by atoms with van der Waals surface area (Å²) in [6.07, 6.45) is 0.0471. The second-order valence-electron chi connectivity index (χ2n) is 6.76. The fourth-order valence-electron chi connectivity index (χ4n) is 3.47.